The molecule has 0 fully saturated rings. The minimum Gasteiger partial charge on any atom is -0.493 e. The molecule has 1 aromatic rings. The van der Waals surface area contributed by atoms with Crippen LogP contribution in [-0.2, 0) is 9.53 Å². The zero-order valence-electron chi connectivity index (χ0n) is 13.4. The third kappa shape index (κ3) is 4.63. The van der Waals surface area contributed by atoms with Crippen molar-refractivity contribution in [2.75, 3.05) is 20.8 Å². The first kappa shape index (κ1) is 17.3. The number of rotatable bonds is 8. The van der Waals surface area contributed by atoms with E-state index in [1.165, 1.54) is 0 Å². The van der Waals surface area contributed by atoms with E-state index in [-0.39, 0.29) is 18.1 Å². The summed E-state index contributed by atoms with van der Waals surface area (Å²) in [5.74, 6) is 1.14. The summed E-state index contributed by atoms with van der Waals surface area (Å²) in [5, 5.41) is 3.29. The molecule has 0 amide bonds. The summed E-state index contributed by atoms with van der Waals surface area (Å²) in [7, 11) is 3.21. The first-order valence-electron chi connectivity index (χ1n) is 7.21. The van der Waals surface area contributed by atoms with Gasteiger partial charge < -0.3 is 14.2 Å². The summed E-state index contributed by atoms with van der Waals surface area (Å²) in [6.07, 6.45) is 0.677. The predicted molar refractivity (Wildman–Crippen MR) is 81.8 cm³/mol. The first-order valence-corrected chi connectivity index (χ1v) is 7.21. The van der Waals surface area contributed by atoms with E-state index in [0.29, 0.717) is 24.5 Å². The largest absolute Gasteiger partial charge is 0.493 e. The predicted octanol–water partition coefficient (Wildman–Crippen LogP) is 2.70. The fourth-order valence-electron chi connectivity index (χ4n) is 2.12. The number of methoxy groups -OCH3 is 2. The second-order valence-electron chi connectivity index (χ2n) is 4.72. The molecule has 1 N–H and O–H groups in total. The molecule has 2 atom stereocenters. The van der Waals surface area contributed by atoms with Crippen LogP contribution in [0.15, 0.2) is 18.2 Å². The van der Waals surface area contributed by atoms with Crippen LogP contribution in [0.1, 0.15) is 38.8 Å². The van der Waals surface area contributed by atoms with Crippen LogP contribution in [0.2, 0.25) is 0 Å². The van der Waals surface area contributed by atoms with E-state index in [2.05, 4.69) is 5.32 Å². The van der Waals surface area contributed by atoms with Crippen molar-refractivity contribution >= 4 is 5.97 Å². The molecular formula is C16H25NO4. The maximum absolute atomic E-state index is 11.8. The van der Waals surface area contributed by atoms with Gasteiger partial charge in [0.1, 0.15) is 6.04 Å². The van der Waals surface area contributed by atoms with E-state index in [1.54, 1.807) is 14.2 Å². The standard InChI is InChI=1S/C16H25NO4/c1-6-13(16(18)21-7-2)17-11(3)12-8-9-14(19-4)15(10-12)20-5/h8-11,13,17H,6-7H2,1-5H3. The highest BCUT2D eigenvalue weighted by Crippen LogP contribution is 2.30. The van der Waals surface area contributed by atoms with Crippen molar-refractivity contribution in [3.63, 3.8) is 0 Å². The topological polar surface area (TPSA) is 56.8 Å². The third-order valence-corrected chi connectivity index (χ3v) is 3.34. The number of ether oxygens (including phenoxy) is 3. The molecule has 1 rings (SSSR count). The van der Waals surface area contributed by atoms with Crippen LogP contribution in [0.3, 0.4) is 0 Å². The number of benzene rings is 1. The summed E-state index contributed by atoms with van der Waals surface area (Å²) >= 11 is 0. The van der Waals surface area contributed by atoms with Gasteiger partial charge in [0.25, 0.3) is 0 Å². The lowest BCUT2D eigenvalue weighted by molar-refractivity contribution is -0.146. The van der Waals surface area contributed by atoms with Crippen LogP contribution >= 0.6 is 0 Å². The van der Waals surface area contributed by atoms with Crippen molar-refractivity contribution in [1.29, 1.82) is 0 Å². The quantitative estimate of drug-likeness (QED) is 0.747. The lowest BCUT2D eigenvalue weighted by atomic mass is 10.1. The minimum atomic E-state index is -0.312. The summed E-state index contributed by atoms with van der Waals surface area (Å²) < 4.78 is 15.6. The average Bonchev–Trinajstić information content (AvgIpc) is 2.51. The van der Waals surface area contributed by atoms with Crippen molar-refractivity contribution in [2.24, 2.45) is 0 Å². The van der Waals surface area contributed by atoms with Crippen LogP contribution in [0.4, 0.5) is 0 Å². The Balaban J connectivity index is 2.82. The molecule has 0 spiro atoms. The molecule has 0 aliphatic heterocycles. The van der Waals surface area contributed by atoms with Gasteiger partial charge >= 0.3 is 5.97 Å². The van der Waals surface area contributed by atoms with Crippen molar-refractivity contribution in [3.8, 4) is 11.5 Å². The van der Waals surface area contributed by atoms with Crippen molar-refractivity contribution in [2.45, 2.75) is 39.3 Å². The van der Waals surface area contributed by atoms with E-state index in [1.807, 2.05) is 39.0 Å². The maximum Gasteiger partial charge on any atom is 0.323 e. The fraction of sp³-hybridized carbons (Fsp3) is 0.562. The van der Waals surface area contributed by atoms with E-state index >= 15 is 0 Å². The normalized spacial score (nSPS) is 13.4. The van der Waals surface area contributed by atoms with Crippen LogP contribution < -0.4 is 14.8 Å². The zero-order valence-corrected chi connectivity index (χ0v) is 13.4. The Kier molecular flexibility index (Phi) is 7.02. The molecule has 2 unspecified atom stereocenters. The van der Waals surface area contributed by atoms with Gasteiger partial charge in [0.15, 0.2) is 11.5 Å². The second kappa shape index (κ2) is 8.52. The van der Waals surface area contributed by atoms with Crippen LogP contribution in [0.5, 0.6) is 11.5 Å². The highest BCUT2D eigenvalue weighted by molar-refractivity contribution is 5.75. The summed E-state index contributed by atoms with van der Waals surface area (Å²) in [6.45, 7) is 6.16. The summed E-state index contributed by atoms with van der Waals surface area (Å²) in [6, 6.07) is 5.41. The van der Waals surface area contributed by atoms with Gasteiger partial charge in [-0.1, -0.05) is 13.0 Å². The molecule has 0 saturated carbocycles. The van der Waals surface area contributed by atoms with Gasteiger partial charge in [-0.2, -0.15) is 0 Å². The van der Waals surface area contributed by atoms with Crippen LogP contribution in [0, 0.1) is 0 Å². The smallest absolute Gasteiger partial charge is 0.323 e. The third-order valence-electron chi connectivity index (χ3n) is 3.34. The lowest BCUT2D eigenvalue weighted by Crippen LogP contribution is -2.39. The van der Waals surface area contributed by atoms with Crippen molar-refractivity contribution in [1.82, 2.24) is 5.32 Å². The first-order chi connectivity index (χ1) is 10.1. The van der Waals surface area contributed by atoms with Gasteiger partial charge in [0, 0.05) is 6.04 Å². The van der Waals surface area contributed by atoms with Gasteiger partial charge in [-0.25, -0.2) is 0 Å². The molecule has 1 aromatic carbocycles. The molecule has 5 nitrogen and oxygen atoms in total. The van der Waals surface area contributed by atoms with E-state index in [0.717, 1.165) is 5.56 Å². The van der Waals surface area contributed by atoms with Gasteiger partial charge in [-0.05, 0) is 38.0 Å². The Morgan fingerprint density at radius 3 is 2.38 bits per heavy atom. The molecule has 21 heavy (non-hydrogen) atoms. The number of esters is 1. The van der Waals surface area contributed by atoms with Crippen LogP contribution in [0.25, 0.3) is 0 Å². The maximum atomic E-state index is 11.8. The molecule has 0 aliphatic rings. The summed E-state index contributed by atoms with van der Waals surface area (Å²) in [5.41, 5.74) is 1.02. The molecular weight excluding hydrogens is 270 g/mol. The Morgan fingerprint density at radius 2 is 1.86 bits per heavy atom. The molecule has 0 bridgehead atoms. The van der Waals surface area contributed by atoms with E-state index in [9.17, 15) is 4.79 Å². The second-order valence-corrected chi connectivity index (χ2v) is 4.72. The fourth-order valence-corrected chi connectivity index (χ4v) is 2.12. The Labute approximate surface area is 126 Å². The highest BCUT2D eigenvalue weighted by Gasteiger charge is 2.20. The summed E-state index contributed by atoms with van der Waals surface area (Å²) in [4.78, 5) is 11.8. The molecule has 5 heteroatoms. The Hall–Kier alpha value is -1.75. The highest BCUT2D eigenvalue weighted by atomic mass is 16.5. The van der Waals surface area contributed by atoms with Gasteiger partial charge in [0.2, 0.25) is 0 Å². The molecule has 0 saturated heterocycles. The molecule has 0 aliphatic carbocycles. The molecule has 0 aromatic heterocycles. The zero-order chi connectivity index (χ0) is 15.8. The monoisotopic (exact) mass is 295 g/mol. The van der Waals surface area contributed by atoms with Crippen LogP contribution in [-0.4, -0.2) is 32.8 Å². The number of nitrogens with one attached hydrogen (secondary N) is 1. The SMILES string of the molecule is CCOC(=O)C(CC)NC(C)c1ccc(OC)c(OC)c1. The molecule has 0 heterocycles. The molecule has 0 radical (unpaired) electrons. The number of carbonyl (C=O) groups excluding carboxylic acids is 1. The van der Waals surface area contributed by atoms with Gasteiger partial charge in [-0.15, -0.1) is 0 Å². The van der Waals surface area contributed by atoms with Crippen molar-refractivity contribution in [3.05, 3.63) is 23.8 Å². The van der Waals surface area contributed by atoms with E-state index < -0.39 is 0 Å². The Morgan fingerprint density at radius 1 is 1.19 bits per heavy atom. The number of hydrogen-bond donors (Lipinski definition) is 1. The minimum absolute atomic E-state index is 0.000776. The van der Waals surface area contributed by atoms with Gasteiger partial charge in [0.05, 0.1) is 20.8 Å². The number of carbonyl (C=O) groups is 1. The van der Waals surface area contributed by atoms with Crippen molar-refractivity contribution < 1.29 is 19.0 Å². The lowest BCUT2D eigenvalue weighted by Gasteiger charge is -2.22. The van der Waals surface area contributed by atoms with Gasteiger partial charge in [-0.3, -0.25) is 10.1 Å². The number of hydrogen-bond acceptors (Lipinski definition) is 5. The average molecular weight is 295 g/mol. The molecule has 118 valence electrons. The van der Waals surface area contributed by atoms with E-state index in [4.69, 9.17) is 14.2 Å². The Bertz CT molecular complexity index is 462.